The Kier molecular flexibility index (Phi) is 6.74. The quantitative estimate of drug-likeness (QED) is 0.818. The van der Waals surface area contributed by atoms with Crippen LogP contribution in [0.5, 0.6) is 0 Å². The van der Waals surface area contributed by atoms with Crippen molar-refractivity contribution >= 4 is 17.7 Å². The summed E-state index contributed by atoms with van der Waals surface area (Å²) < 4.78 is 0. The molecule has 142 valence electrons. The molecule has 0 spiro atoms. The Morgan fingerprint density at radius 3 is 2.42 bits per heavy atom. The lowest BCUT2D eigenvalue weighted by molar-refractivity contribution is -0.139. The second-order valence-electron chi connectivity index (χ2n) is 6.86. The molecule has 1 N–H and O–H groups in total. The van der Waals surface area contributed by atoms with Gasteiger partial charge in [0.05, 0.1) is 13.1 Å². The predicted octanol–water partition coefficient (Wildman–Crippen LogP) is 0.266. The summed E-state index contributed by atoms with van der Waals surface area (Å²) in [5.41, 5.74) is 2.49. The van der Waals surface area contributed by atoms with E-state index in [0.717, 1.165) is 24.2 Å². The number of hydrogen-bond donors (Lipinski definition) is 1. The topological polar surface area (TPSA) is 73.0 Å². The first kappa shape index (κ1) is 19.9. The van der Waals surface area contributed by atoms with Crippen molar-refractivity contribution in [2.24, 2.45) is 0 Å². The summed E-state index contributed by atoms with van der Waals surface area (Å²) in [4.78, 5) is 42.1. The second-order valence-corrected chi connectivity index (χ2v) is 6.86. The van der Waals surface area contributed by atoms with Gasteiger partial charge in [-0.25, -0.2) is 0 Å². The molecular formula is C19H28N4O3. The van der Waals surface area contributed by atoms with Crippen LogP contribution >= 0.6 is 0 Å². The monoisotopic (exact) mass is 360 g/mol. The molecule has 0 atom stereocenters. The zero-order chi connectivity index (χ0) is 19.3. The van der Waals surface area contributed by atoms with Gasteiger partial charge in [-0.2, -0.15) is 0 Å². The average molecular weight is 360 g/mol. The largest absolute Gasteiger partial charge is 0.343 e. The van der Waals surface area contributed by atoms with Gasteiger partial charge in [-0.1, -0.05) is 12.1 Å². The van der Waals surface area contributed by atoms with Gasteiger partial charge in [0.2, 0.25) is 11.8 Å². The highest BCUT2D eigenvalue weighted by atomic mass is 16.2. The van der Waals surface area contributed by atoms with Gasteiger partial charge in [0, 0.05) is 38.8 Å². The van der Waals surface area contributed by atoms with Crippen molar-refractivity contribution in [1.29, 1.82) is 0 Å². The molecule has 1 saturated heterocycles. The van der Waals surface area contributed by atoms with E-state index in [1.807, 2.05) is 33.0 Å². The summed E-state index contributed by atoms with van der Waals surface area (Å²) in [7, 11) is 3.61. The zero-order valence-corrected chi connectivity index (χ0v) is 16.0. The van der Waals surface area contributed by atoms with E-state index in [2.05, 4.69) is 10.2 Å². The van der Waals surface area contributed by atoms with Gasteiger partial charge in [0.15, 0.2) is 0 Å². The van der Waals surface area contributed by atoms with E-state index in [1.165, 1.54) is 4.90 Å². The maximum Gasteiger partial charge on any atom is 0.251 e. The van der Waals surface area contributed by atoms with E-state index in [1.54, 1.807) is 18.0 Å². The third-order valence-electron chi connectivity index (χ3n) is 4.90. The van der Waals surface area contributed by atoms with Crippen molar-refractivity contribution in [3.05, 3.63) is 34.9 Å². The first-order chi connectivity index (χ1) is 12.3. The summed E-state index contributed by atoms with van der Waals surface area (Å²) in [5, 5.41) is 2.64. The Morgan fingerprint density at radius 1 is 1.12 bits per heavy atom. The van der Waals surface area contributed by atoms with Gasteiger partial charge in [-0.3, -0.25) is 14.4 Å². The number of amides is 3. The molecule has 0 unspecified atom stereocenters. The molecule has 1 aliphatic rings. The highest BCUT2D eigenvalue weighted by Gasteiger charge is 2.22. The fourth-order valence-corrected chi connectivity index (χ4v) is 2.83. The number of nitrogens with zero attached hydrogens (tertiary/aromatic N) is 3. The van der Waals surface area contributed by atoms with E-state index in [9.17, 15) is 14.4 Å². The molecular weight excluding hydrogens is 332 g/mol. The minimum Gasteiger partial charge on any atom is -0.343 e. The number of benzene rings is 1. The molecule has 3 amide bonds. The van der Waals surface area contributed by atoms with Gasteiger partial charge < -0.3 is 20.0 Å². The predicted molar refractivity (Wildman–Crippen MR) is 100.0 cm³/mol. The number of carbonyl (C=O) groups is 3. The Labute approximate surface area is 154 Å². The highest BCUT2D eigenvalue weighted by Crippen LogP contribution is 2.12. The third-order valence-corrected chi connectivity index (χ3v) is 4.90. The van der Waals surface area contributed by atoms with E-state index < -0.39 is 0 Å². The summed E-state index contributed by atoms with van der Waals surface area (Å²) >= 11 is 0. The molecule has 7 nitrogen and oxygen atoms in total. The van der Waals surface area contributed by atoms with Crippen molar-refractivity contribution in [3.8, 4) is 0 Å². The molecule has 1 heterocycles. The van der Waals surface area contributed by atoms with Crippen LogP contribution in [-0.4, -0.2) is 85.8 Å². The minimum absolute atomic E-state index is 0.0297. The maximum absolute atomic E-state index is 12.3. The number of nitrogens with one attached hydrogen (secondary N) is 1. The van der Waals surface area contributed by atoms with E-state index in [-0.39, 0.29) is 30.8 Å². The number of rotatable bonds is 5. The fourth-order valence-electron chi connectivity index (χ4n) is 2.83. The lowest BCUT2D eigenvalue weighted by atomic mass is 10.0. The summed E-state index contributed by atoms with van der Waals surface area (Å²) in [6.07, 6.45) is 0. The molecule has 2 rings (SSSR count). The summed E-state index contributed by atoms with van der Waals surface area (Å²) in [6, 6.07) is 5.50. The van der Waals surface area contributed by atoms with E-state index in [4.69, 9.17) is 0 Å². The molecule has 7 heteroatoms. The number of carbonyl (C=O) groups excluding carboxylic acids is 3. The second kappa shape index (κ2) is 8.80. The molecule has 1 aromatic carbocycles. The molecule has 1 fully saturated rings. The molecule has 0 aromatic heterocycles. The number of hydrogen-bond acceptors (Lipinski definition) is 4. The van der Waals surface area contributed by atoms with Crippen LogP contribution in [0.15, 0.2) is 18.2 Å². The van der Waals surface area contributed by atoms with Crippen LogP contribution in [0.4, 0.5) is 0 Å². The molecule has 1 aromatic rings. The average Bonchev–Trinajstić information content (AvgIpc) is 2.62. The molecule has 0 bridgehead atoms. The lowest BCUT2D eigenvalue weighted by Gasteiger charge is -2.33. The van der Waals surface area contributed by atoms with Crippen LogP contribution in [0.1, 0.15) is 21.5 Å². The van der Waals surface area contributed by atoms with Crippen LogP contribution in [0.25, 0.3) is 0 Å². The van der Waals surface area contributed by atoms with Crippen molar-refractivity contribution < 1.29 is 14.4 Å². The molecule has 26 heavy (non-hydrogen) atoms. The highest BCUT2D eigenvalue weighted by molar-refractivity contribution is 5.98. The van der Waals surface area contributed by atoms with Gasteiger partial charge in [-0.15, -0.1) is 0 Å². The van der Waals surface area contributed by atoms with Gasteiger partial charge in [0.1, 0.15) is 0 Å². The standard InChI is InChI=1S/C19H28N4O3/c1-14-6-5-7-16(15(14)2)19(26)20-12-17(24)22(4)13-18(25)23-10-8-21(3)9-11-23/h5-7H,8-13H2,1-4H3,(H,20,26). The Bertz CT molecular complexity index is 681. The van der Waals surface area contributed by atoms with Gasteiger partial charge in [-0.05, 0) is 38.1 Å². The van der Waals surface area contributed by atoms with Gasteiger partial charge >= 0.3 is 0 Å². The Morgan fingerprint density at radius 2 is 1.77 bits per heavy atom. The number of aryl methyl sites for hydroxylation is 1. The lowest BCUT2D eigenvalue weighted by Crippen LogP contribution is -2.51. The van der Waals surface area contributed by atoms with E-state index in [0.29, 0.717) is 18.7 Å². The zero-order valence-electron chi connectivity index (χ0n) is 16.0. The minimum atomic E-state index is -0.286. The van der Waals surface area contributed by atoms with Crippen molar-refractivity contribution in [1.82, 2.24) is 20.0 Å². The molecule has 0 saturated carbocycles. The van der Waals surface area contributed by atoms with Crippen LogP contribution in [0, 0.1) is 13.8 Å². The summed E-state index contributed by atoms with van der Waals surface area (Å²) in [6.45, 7) is 6.77. The Hall–Kier alpha value is -2.41. The SMILES string of the molecule is Cc1cccc(C(=O)NCC(=O)N(C)CC(=O)N2CCN(C)CC2)c1C. The normalized spacial score (nSPS) is 14.8. The van der Waals surface area contributed by atoms with Crippen LogP contribution < -0.4 is 5.32 Å². The molecule has 0 aliphatic carbocycles. The van der Waals surface area contributed by atoms with Crippen molar-refractivity contribution in [3.63, 3.8) is 0 Å². The van der Waals surface area contributed by atoms with Crippen LogP contribution in [0.3, 0.4) is 0 Å². The smallest absolute Gasteiger partial charge is 0.251 e. The van der Waals surface area contributed by atoms with Crippen LogP contribution in [-0.2, 0) is 9.59 Å². The first-order valence-electron chi connectivity index (χ1n) is 8.84. The molecule has 0 radical (unpaired) electrons. The number of likely N-dealkylation sites (N-methyl/N-ethyl adjacent to an activating group) is 2. The Balaban J connectivity index is 1.82. The summed E-state index contributed by atoms with van der Waals surface area (Å²) in [5.74, 6) is -0.626. The number of piperazine rings is 1. The van der Waals surface area contributed by atoms with Gasteiger partial charge in [0.25, 0.3) is 5.91 Å². The van der Waals surface area contributed by atoms with Crippen molar-refractivity contribution in [2.75, 3.05) is 53.4 Å². The first-order valence-corrected chi connectivity index (χ1v) is 8.84. The molecule has 1 aliphatic heterocycles. The fraction of sp³-hybridized carbons (Fsp3) is 0.526. The van der Waals surface area contributed by atoms with Crippen molar-refractivity contribution in [2.45, 2.75) is 13.8 Å². The maximum atomic E-state index is 12.3. The van der Waals surface area contributed by atoms with Crippen LogP contribution in [0.2, 0.25) is 0 Å². The third kappa shape index (κ3) is 5.05. The van der Waals surface area contributed by atoms with E-state index >= 15 is 0 Å².